The molecule has 1 aliphatic carbocycles. The number of aromatic hydroxyl groups is 1. The van der Waals surface area contributed by atoms with Crippen molar-refractivity contribution in [2.45, 2.75) is 31.4 Å². The number of hydrogen-bond acceptors (Lipinski definition) is 4. The third kappa shape index (κ3) is 3.34. The molecule has 0 heterocycles. The second kappa shape index (κ2) is 6.79. The van der Waals surface area contributed by atoms with Crippen LogP contribution in [-0.4, -0.2) is 23.4 Å². The maximum atomic E-state index is 10.2. The van der Waals surface area contributed by atoms with Crippen molar-refractivity contribution in [3.8, 4) is 11.5 Å². The van der Waals surface area contributed by atoms with Gasteiger partial charge in [-0.3, -0.25) is 0 Å². The molecule has 0 aromatic heterocycles. The van der Waals surface area contributed by atoms with Crippen LogP contribution in [0.4, 0.5) is 0 Å². The van der Waals surface area contributed by atoms with E-state index in [1.807, 2.05) is 0 Å². The SMILES string of the molecule is COc1cc(Br)cc([C@@H](N)[C@@H](O)C2CCC2)c1O.Cl. The van der Waals surface area contributed by atoms with E-state index in [4.69, 9.17) is 10.5 Å². The van der Waals surface area contributed by atoms with E-state index in [0.29, 0.717) is 11.3 Å². The van der Waals surface area contributed by atoms with Crippen molar-refractivity contribution >= 4 is 28.3 Å². The molecule has 0 amide bonds. The Kier molecular flexibility index (Phi) is 5.92. The summed E-state index contributed by atoms with van der Waals surface area (Å²) in [5.41, 5.74) is 6.57. The molecule has 1 aromatic carbocycles. The van der Waals surface area contributed by atoms with Crippen molar-refractivity contribution in [2.75, 3.05) is 7.11 Å². The largest absolute Gasteiger partial charge is 0.504 e. The van der Waals surface area contributed by atoms with Gasteiger partial charge in [-0.1, -0.05) is 22.4 Å². The van der Waals surface area contributed by atoms with Gasteiger partial charge in [0.1, 0.15) is 0 Å². The van der Waals surface area contributed by atoms with E-state index in [2.05, 4.69) is 15.9 Å². The Hall–Kier alpha value is -0.490. The highest BCUT2D eigenvalue weighted by atomic mass is 79.9. The quantitative estimate of drug-likeness (QED) is 0.779. The van der Waals surface area contributed by atoms with Crippen LogP contribution >= 0.6 is 28.3 Å². The zero-order chi connectivity index (χ0) is 13.3. The van der Waals surface area contributed by atoms with E-state index in [-0.39, 0.29) is 24.1 Å². The molecule has 0 aliphatic heterocycles. The molecule has 6 heteroatoms. The predicted octanol–water partition coefficient (Wildman–Crippen LogP) is 2.75. The van der Waals surface area contributed by atoms with E-state index in [1.165, 1.54) is 7.11 Å². The minimum Gasteiger partial charge on any atom is -0.504 e. The molecule has 19 heavy (non-hydrogen) atoms. The van der Waals surface area contributed by atoms with Gasteiger partial charge in [0, 0.05) is 10.0 Å². The summed E-state index contributed by atoms with van der Waals surface area (Å²) in [7, 11) is 1.49. The summed E-state index contributed by atoms with van der Waals surface area (Å²) in [4.78, 5) is 0. The van der Waals surface area contributed by atoms with Crippen molar-refractivity contribution in [3.05, 3.63) is 22.2 Å². The van der Waals surface area contributed by atoms with Crippen LogP contribution in [0.15, 0.2) is 16.6 Å². The number of halogens is 2. The average molecular weight is 353 g/mol. The first kappa shape index (κ1) is 16.6. The van der Waals surface area contributed by atoms with Gasteiger partial charge < -0.3 is 20.7 Å². The lowest BCUT2D eigenvalue weighted by molar-refractivity contribution is 0.0407. The van der Waals surface area contributed by atoms with Crippen LogP contribution in [0.25, 0.3) is 0 Å². The van der Waals surface area contributed by atoms with Gasteiger partial charge in [0.15, 0.2) is 11.5 Å². The van der Waals surface area contributed by atoms with Gasteiger partial charge in [0.2, 0.25) is 0 Å². The lowest BCUT2D eigenvalue weighted by atomic mass is 9.77. The number of hydrogen-bond donors (Lipinski definition) is 3. The van der Waals surface area contributed by atoms with Gasteiger partial charge in [-0.2, -0.15) is 0 Å². The molecule has 0 spiro atoms. The summed E-state index contributed by atoms with van der Waals surface area (Å²) in [6.45, 7) is 0. The lowest BCUT2D eigenvalue weighted by Crippen LogP contribution is -2.36. The van der Waals surface area contributed by atoms with Gasteiger partial charge in [-0.05, 0) is 30.9 Å². The number of aliphatic hydroxyl groups is 1. The summed E-state index contributed by atoms with van der Waals surface area (Å²) in [5, 5.41) is 20.2. The Bertz CT molecular complexity index is 440. The van der Waals surface area contributed by atoms with E-state index < -0.39 is 12.1 Å². The molecule has 1 aliphatic rings. The highest BCUT2D eigenvalue weighted by Crippen LogP contribution is 2.40. The number of phenols is 1. The molecule has 4 N–H and O–H groups in total. The summed E-state index contributed by atoms with van der Waals surface area (Å²) in [6, 6.07) is 2.80. The lowest BCUT2D eigenvalue weighted by Gasteiger charge is -2.34. The maximum absolute atomic E-state index is 10.2. The van der Waals surface area contributed by atoms with Crippen LogP contribution in [0.3, 0.4) is 0 Å². The second-order valence-corrected chi connectivity index (χ2v) is 5.67. The van der Waals surface area contributed by atoms with Crippen LogP contribution in [0.2, 0.25) is 0 Å². The highest BCUT2D eigenvalue weighted by molar-refractivity contribution is 9.10. The number of ether oxygens (including phenoxy) is 1. The Morgan fingerprint density at radius 3 is 2.53 bits per heavy atom. The van der Waals surface area contributed by atoms with Crippen LogP contribution in [0.1, 0.15) is 30.9 Å². The molecule has 0 radical (unpaired) electrons. The topological polar surface area (TPSA) is 75.7 Å². The zero-order valence-corrected chi connectivity index (χ0v) is 13.1. The number of benzene rings is 1. The van der Waals surface area contributed by atoms with Crippen LogP contribution < -0.4 is 10.5 Å². The highest BCUT2D eigenvalue weighted by Gasteiger charge is 2.32. The smallest absolute Gasteiger partial charge is 0.162 e. The number of nitrogens with two attached hydrogens (primary N) is 1. The van der Waals surface area contributed by atoms with Gasteiger partial charge >= 0.3 is 0 Å². The van der Waals surface area contributed by atoms with Crippen LogP contribution in [0, 0.1) is 5.92 Å². The monoisotopic (exact) mass is 351 g/mol. The Morgan fingerprint density at radius 1 is 1.42 bits per heavy atom. The third-order valence-corrected chi connectivity index (χ3v) is 4.11. The molecule has 2 atom stereocenters. The molecule has 0 unspecified atom stereocenters. The van der Waals surface area contributed by atoms with E-state index >= 15 is 0 Å². The number of phenolic OH excluding ortho intramolecular Hbond substituents is 1. The van der Waals surface area contributed by atoms with Gasteiger partial charge in [0.05, 0.1) is 19.3 Å². The van der Waals surface area contributed by atoms with Crippen molar-refractivity contribution in [1.29, 1.82) is 0 Å². The molecular formula is C13H19BrClNO3. The molecule has 1 fully saturated rings. The summed E-state index contributed by atoms with van der Waals surface area (Å²) >= 11 is 3.35. The van der Waals surface area contributed by atoms with Crippen molar-refractivity contribution in [1.82, 2.24) is 0 Å². The van der Waals surface area contributed by atoms with Crippen LogP contribution in [-0.2, 0) is 0 Å². The molecule has 4 nitrogen and oxygen atoms in total. The molecule has 1 saturated carbocycles. The van der Waals surface area contributed by atoms with Gasteiger partial charge in [-0.25, -0.2) is 0 Å². The first-order chi connectivity index (χ1) is 8.54. The first-order valence-electron chi connectivity index (χ1n) is 6.04. The molecular weight excluding hydrogens is 334 g/mol. The second-order valence-electron chi connectivity index (χ2n) is 4.75. The van der Waals surface area contributed by atoms with Crippen molar-refractivity contribution in [2.24, 2.45) is 11.7 Å². The Balaban J connectivity index is 0.00000180. The molecule has 108 valence electrons. The molecule has 0 bridgehead atoms. The van der Waals surface area contributed by atoms with Crippen molar-refractivity contribution < 1.29 is 14.9 Å². The summed E-state index contributed by atoms with van der Waals surface area (Å²) in [6.07, 6.45) is 2.52. The Morgan fingerprint density at radius 2 is 2.05 bits per heavy atom. The summed E-state index contributed by atoms with van der Waals surface area (Å²) in [5.74, 6) is 0.603. The van der Waals surface area contributed by atoms with Gasteiger partial charge in [0.25, 0.3) is 0 Å². The standard InChI is InChI=1S/C13H18BrNO3.ClH/c1-18-10-6-8(14)5-9(13(10)17)11(15)12(16)7-3-2-4-7;/h5-7,11-12,16-17H,2-4,15H2,1H3;1H/t11-,12+;/m1./s1. The normalized spacial score (nSPS) is 18.1. The maximum Gasteiger partial charge on any atom is 0.162 e. The van der Waals surface area contributed by atoms with Crippen molar-refractivity contribution in [3.63, 3.8) is 0 Å². The molecule has 0 saturated heterocycles. The number of methoxy groups -OCH3 is 1. The van der Waals surface area contributed by atoms with Crippen LogP contribution in [0.5, 0.6) is 11.5 Å². The van der Waals surface area contributed by atoms with E-state index in [9.17, 15) is 10.2 Å². The predicted molar refractivity (Wildman–Crippen MR) is 79.9 cm³/mol. The number of rotatable bonds is 4. The fourth-order valence-electron chi connectivity index (χ4n) is 2.26. The fraction of sp³-hybridized carbons (Fsp3) is 0.538. The number of aliphatic hydroxyl groups excluding tert-OH is 1. The molecule has 2 rings (SSSR count). The zero-order valence-electron chi connectivity index (χ0n) is 10.7. The first-order valence-corrected chi connectivity index (χ1v) is 6.84. The van der Waals surface area contributed by atoms with Gasteiger partial charge in [-0.15, -0.1) is 12.4 Å². The van der Waals surface area contributed by atoms with E-state index in [1.54, 1.807) is 12.1 Å². The minimum atomic E-state index is -0.622. The molecule has 1 aromatic rings. The van der Waals surface area contributed by atoms with E-state index in [0.717, 1.165) is 23.7 Å². The minimum absolute atomic E-state index is 0. The fourth-order valence-corrected chi connectivity index (χ4v) is 2.72. The Labute approximate surface area is 127 Å². The third-order valence-electron chi connectivity index (χ3n) is 3.65. The summed E-state index contributed by atoms with van der Waals surface area (Å²) < 4.78 is 5.85. The average Bonchev–Trinajstić information content (AvgIpc) is 2.28.